The first kappa shape index (κ1) is 20.4. The van der Waals surface area contributed by atoms with Crippen LogP contribution in [0.3, 0.4) is 0 Å². The Kier molecular flexibility index (Phi) is 6.17. The third-order valence-corrected chi connectivity index (χ3v) is 5.09. The van der Waals surface area contributed by atoms with E-state index < -0.39 is 0 Å². The fourth-order valence-electron chi connectivity index (χ4n) is 3.46. The van der Waals surface area contributed by atoms with E-state index in [4.69, 9.17) is 0 Å². The molecule has 0 bridgehead atoms. The van der Waals surface area contributed by atoms with Gasteiger partial charge in [0.1, 0.15) is 5.70 Å². The molecule has 2 aromatic rings. The van der Waals surface area contributed by atoms with Gasteiger partial charge in [-0.25, -0.2) is 0 Å². The fourth-order valence-corrected chi connectivity index (χ4v) is 3.46. The molecule has 0 aliphatic carbocycles. The van der Waals surface area contributed by atoms with Gasteiger partial charge in [0, 0.05) is 31.0 Å². The van der Waals surface area contributed by atoms with Crippen LogP contribution in [0, 0.1) is 6.92 Å². The van der Waals surface area contributed by atoms with Crippen LogP contribution in [0.2, 0.25) is 0 Å². The van der Waals surface area contributed by atoms with E-state index in [2.05, 4.69) is 30.6 Å². The minimum atomic E-state index is -0.335. The molecule has 0 unspecified atom stereocenters. The molecule has 150 valence electrons. The van der Waals surface area contributed by atoms with Crippen LogP contribution in [0.1, 0.15) is 25.0 Å². The molecule has 0 saturated heterocycles. The molecule has 5 nitrogen and oxygen atoms in total. The Balaban J connectivity index is 1.98. The van der Waals surface area contributed by atoms with Crippen molar-refractivity contribution in [2.24, 2.45) is 0 Å². The molecule has 3 rings (SSSR count). The van der Waals surface area contributed by atoms with Gasteiger partial charge in [-0.3, -0.25) is 14.5 Å². The highest BCUT2D eigenvalue weighted by Gasteiger charge is 2.38. The van der Waals surface area contributed by atoms with E-state index in [1.807, 2.05) is 55.5 Å². The number of hydrogen-bond acceptors (Lipinski definition) is 4. The molecule has 0 radical (unpaired) electrons. The van der Waals surface area contributed by atoms with Gasteiger partial charge in [-0.2, -0.15) is 0 Å². The van der Waals surface area contributed by atoms with Crippen molar-refractivity contribution in [1.82, 2.24) is 4.90 Å². The minimum Gasteiger partial charge on any atom is -0.372 e. The van der Waals surface area contributed by atoms with Crippen LogP contribution in [0.5, 0.6) is 0 Å². The standard InChI is InChI=1S/C24H27N3O2/c1-5-16-27-23(28)21(18-10-8-17(4)9-11-18)22(24(27)29)25-19-12-14-20(15-13-19)26(6-2)7-3/h5,8-15,25H,1,6-7,16H2,2-4H3. The summed E-state index contributed by atoms with van der Waals surface area (Å²) in [5, 5.41) is 3.19. The lowest BCUT2D eigenvalue weighted by molar-refractivity contribution is -0.136. The first-order valence-corrected chi connectivity index (χ1v) is 9.90. The van der Waals surface area contributed by atoms with Gasteiger partial charge in [-0.05, 0) is 50.6 Å². The molecule has 2 aromatic carbocycles. The Morgan fingerprint density at radius 1 is 0.966 bits per heavy atom. The number of hydrogen-bond donors (Lipinski definition) is 1. The molecule has 0 saturated carbocycles. The Bertz CT molecular complexity index is 939. The zero-order valence-corrected chi connectivity index (χ0v) is 17.2. The van der Waals surface area contributed by atoms with Crippen LogP contribution in [-0.2, 0) is 9.59 Å². The van der Waals surface area contributed by atoms with E-state index in [0.717, 1.165) is 35.6 Å². The average molecular weight is 389 g/mol. The normalized spacial score (nSPS) is 13.8. The molecular weight excluding hydrogens is 362 g/mol. The minimum absolute atomic E-state index is 0.180. The number of rotatable bonds is 8. The number of benzene rings is 2. The van der Waals surface area contributed by atoms with Gasteiger partial charge in [-0.15, -0.1) is 6.58 Å². The second-order valence-corrected chi connectivity index (χ2v) is 6.97. The number of carbonyl (C=O) groups is 2. The quantitative estimate of drug-likeness (QED) is 0.543. The van der Waals surface area contributed by atoms with E-state index in [-0.39, 0.29) is 18.4 Å². The molecule has 1 heterocycles. The topological polar surface area (TPSA) is 52.7 Å². The number of amides is 2. The number of anilines is 2. The van der Waals surface area contributed by atoms with Crippen molar-refractivity contribution in [3.8, 4) is 0 Å². The number of nitrogens with zero attached hydrogens (tertiary/aromatic N) is 2. The third kappa shape index (κ3) is 4.09. The largest absolute Gasteiger partial charge is 0.372 e. The van der Waals surface area contributed by atoms with Crippen LogP contribution in [0.4, 0.5) is 11.4 Å². The zero-order valence-electron chi connectivity index (χ0n) is 17.2. The maximum Gasteiger partial charge on any atom is 0.278 e. The Labute approximate surface area is 172 Å². The van der Waals surface area contributed by atoms with E-state index in [9.17, 15) is 9.59 Å². The number of imide groups is 1. The van der Waals surface area contributed by atoms with Crippen molar-refractivity contribution in [2.75, 3.05) is 29.9 Å². The van der Waals surface area contributed by atoms with Crippen molar-refractivity contribution < 1.29 is 9.59 Å². The van der Waals surface area contributed by atoms with E-state index in [1.165, 1.54) is 4.90 Å². The molecule has 0 spiro atoms. The van der Waals surface area contributed by atoms with Gasteiger partial charge >= 0.3 is 0 Å². The van der Waals surface area contributed by atoms with E-state index >= 15 is 0 Å². The first-order valence-electron chi connectivity index (χ1n) is 9.90. The second-order valence-electron chi connectivity index (χ2n) is 6.97. The highest BCUT2D eigenvalue weighted by molar-refractivity contribution is 6.36. The van der Waals surface area contributed by atoms with Gasteiger partial charge < -0.3 is 10.2 Å². The average Bonchev–Trinajstić information content (AvgIpc) is 2.95. The lowest BCUT2D eigenvalue weighted by Crippen LogP contribution is -2.32. The first-order chi connectivity index (χ1) is 14.0. The summed E-state index contributed by atoms with van der Waals surface area (Å²) in [7, 11) is 0. The van der Waals surface area contributed by atoms with E-state index in [1.54, 1.807) is 6.08 Å². The third-order valence-electron chi connectivity index (χ3n) is 5.09. The van der Waals surface area contributed by atoms with Gasteiger partial charge in [-0.1, -0.05) is 35.9 Å². The maximum atomic E-state index is 13.0. The molecule has 1 N–H and O–H groups in total. The number of carbonyl (C=O) groups excluding carboxylic acids is 2. The molecule has 1 aliphatic rings. The molecule has 2 amide bonds. The Morgan fingerprint density at radius 2 is 1.59 bits per heavy atom. The van der Waals surface area contributed by atoms with Gasteiger partial charge in [0.05, 0.1) is 5.57 Å². The summed E-state index contributed by atoms with van der Waals surface area (Å²) >= 11 is 0. The molecule has 1 aliphatic heterocycles. The molecule has 29 heavy (non-hydrogen) atoms. The molecule has 0 fully saturated rings. The van der Waals surface area contributed by atoms with Crippen LogP contribution in [-0.4, -0.2) is 36.3 Å². The molecule has 0 atom stereocenters. The van der Waals surface area contributed by atoms with Crippen LogP contribution >= 0.6 is 0 Å². The van der Waals surface area contributed by atoms with Crippen molar-refractivity contribution in [1.29, 1.82) is 0 Å². The van der Waals surface area contributed by atoms with Crippen molar-refractivity contribution in [3.63, 3.8) is 0 Å². The van der Waals surface area contributed by atoms with Crippen molar-refractivity contribution >= 4 is 28.8 Å². The maximum absolute atomic E-state index is 13.0. The SMILES string of the molecule is C=CCN1C(=O)C(Nc2ccc(N(CC)CC)cc2)=C(c2ccc(C)cc2)C1=O. The van der Waals surface area contributed by atoms with Crippen LogP contribution in [0.25, 0.3) is 5.57 Å². The summed E-state index contributed by atoms with van der Waals surface area (Å²) in [6.45, 7) is 11.9. The lowest BCUT2D eigenvalue weighted by atomic mass is 10.0. The Hall–Kier alpha value is -3.34. The highest BCUT2D eigenvalue weighted by atomic mass is 16.2. The van der Waals surface area contributed by atoms with Crippen molar-refractivity contribution in [2.45, 2.75) is 20.8 Å². The van der Waals surface area contributed by atoms with Gasteiger partial charge in [0.15, 0.2) is 0 Å². The summed E-state index contributed by atoms with van der Waals surface area (Å²) in [4.78, 5) is 29.4. The summed E-state index contributed by atoms with van der Waals surface area (Å²) in [5.41, 5.74) is 4.40. The number of aryl methyl sites for hydroxylation is 1. The summed E-state index contributed by atoms with van der Waals surface area (Å²) < 4.78 is 0. The predicted octanol–water partition coefficient (Wildman–Crippen LogP) is 4.22. The van der Waals surface area contributed by atoms with Crippen molar-refractivity contribution in [3.05, 3.63) is 78.0 Å². The summed E-state index contributed by atoms with van der Waals surface area (Å²) in [6, 6.07) is 15.5. The van der Waals surface area contributed by atoms with Gasteiger partial charge in [0.2, 0.25) is 0 Å². The van der Waals surface area contributed by atoms with E-state index in [0.29, 0.717) is 11.3 Å². The number of nitrogens with one attached hydrogen (secondary N) is 1. The smallest absolute Gasteiger partial charge is 0.278 e. The lowest BCUT2D eigenvalue weighted by Gasteiger charge is -2.21. The highest BCUT2D eigenvalue weighted by Crippen LogP contribution is 2.31. The second kappa shape index (κ2) is 8.78. The molecule has 5 heteroatoms. The fraction of sp³-hybridized carbons (Fsp3) is 0.250. The van der Waals surface area contributed by atoms with Gasteiger partial charge in [0.25, 0.3) is 11.8 Å². The van der Waals surface area contributed by atoms with Crippen LogP contribution < -0.4 is 10.2 Å². The van der Waals surface area contributed by atoms with Crippen LogP contribution in [0.15, 0.2) is 66.9 Å². The zero-order chi connectivity index (χ0) is 21.0. The monoisotopic (exact) mass is 389 g/mol. The summed E-state index contributed by atoms with van der Waals surface area (Å²) in [6.07, 6.45) is 1.56. The molecule has 0 aromatic heterocycles. The molecular formula is C24H27N3O2. The Morgan fingerprint density at radius 3 is 2.14 bits per heavy atom. The summed E-state index contributed by atoms with van der Waals surface area (Å²) in [5.74, 6) is -0.640. The predicted molar refractivity (Wildman–Crippen MR) is 119 cm³/mol.